The summed E-state index contributed by atoms with van der Waals surface area (Å²) in [6, 6.07) is 0. The van der Waals surface area contributed by atoms with Crippen molar-refractivity contribution >= 4 is 47.8 Å². The van der Waals surface area contributed by atoms with Crippen LogP contribution in [0.4, 0.5) is 0 Å². The van der Waals surface area contributed by atoms with Crippen molar-refractivity contribution in [3.8, 4) is 0 Å². The second kappa shape index (κ2) is 41.9. The Labute approximate surface area is 606 Å². The van der Waals surface area contributed by atoms with Gasteiger partial charge in [-0.05, 0) is 273 Å². The van der Waals surface area contributed by atoms with Gasteiger partial charge in [0.1, 0.15) is 42.2 Å². The van der Waals surface area contributed by atoms with Crippen molar-refractivity contribution < 1.29 is 76.3 Å². The summed E-state index contributed by atoms with van der Waals surface area (Å²) >= 11 is 0. The van der Waals surface area contributed by atoms with E-state index in [1.54, 1.807) is 0 Å². The molecule has 0 aromatic heterocycles. The van der Waals surface area contributed by atoms with Gasteiger partial charge < -0.3 is 37.9 Å². The van der Waals surface area contributed by atoms with Crippen molar-refractivity contribution in [2.75, 3.05) is 26.4 Å². The van der Waals surface area contributed by atoms with Crippen molar-refractivity contribution in [1.82, 2.24) is 0 Å². The molecule has 16 heteroatoms. The summed E-state index contributed by atoms with van der Waals surface area (Å²) in [5, 5.41) is 0. The van der Waals surface area contributed by atoms with Gasteiger partial charge in [0.15, 0.2) is 6.61 Å². The Morgan fingerprint density at radius 1 is 0.374 bits per heavy atom. The molecule has 0 heterocycles. The molecule has 582 valence electrons. The zero-order chi connectivity index (χ0) is 66.7. The quantitative estimate of drug-likeness (QED) is 0.0614. The molecule has 0 aliphatic heterocycles. The van der Waals surface area contributed by atoms with Gasteiger partial charge in [0.25, 0.3) is 0 Å². The van der Waals surface area contributed by atoms with Crippen LogP contribution in [-0.4, -0.2) is 96.6 Å². The molecule has 0 saturated heterocycles. The van der Waals surface area contributed by atoms with Crippen molar-refractivity contribution in [2.45, 2.75) is 365 Å². The molecule has 0 N–H and O–H groups in total. The van der Waals surface area contributed by atoms with E-state index < -0.39 is 16.8 Å². The summed E-state index contributed by atoms with van der Waals surface area (Å²) in [6.45, 7) is 27.4. The zero-order valence-electron chi connectivity index (χ0n) is 58.9. The number of rotatable bonds is 25. The Hall–Kier alpha value is -4.24. The topological polar surface area (TPSA) is 210 Å². The Bertz CT molecular complexity index is 2390. The first kappa shape index (κ1) is 96.8. The van der Waals surface area contributed by atoms with Crippen molar-refractivity contribution in [1.29, 1.82) is 0 Å². The van der Waals surface area contributed by atoms with Crippen LogP contribution in [0.1, 0.15) is 343 Å². The van der Waals surface area contributed by atoms with Gasteiger partial charge in [0, 0.05) is 0 Å². The highest BCUT2D eigenvalue weighted by Crippen LogP contribution is 2.63. The van der Waals surface area contributed by atoms with Crippen LogP contribution < -0.4 is 0 Å². The minimum Gasteiger partial charge on any atom is -0.465 e. The Morgan fingerprint density at radius 2 is 0.667 bits per heavy atom. The van der Waals surface area contributed by atoms with Gasteiger partial charge in [-0.2, -0.15) is 0 Å². The molecule has 0 spiro atoms. The van der Waals surface area contributed by atoms with Gasteiger partial charge in [-0.3, -0.25) is 33.6 Å². The maximum absolute atomic E-state index is 12.5. The number of carbonyl (C=O) groups excluding carboxylic acids is 8. The zero-order valence-corrected chi connectivity index (χ0v) is 58.9. The molecule has 12 bridgehead atoms. The van der Waals surface area contributed by atoms with Crippen LogP contribution in [-0.2, 0) is 76.3 Å². The van der Waals surface area contributed by atoms with Crippen molar-refractivity contribution in [2.24, 2.45) is 93.7 Å². The fourth-order valence-electron chi connectivity index (χ4n) is 18.5. The molecule has 13 saturated carbocycles. The van der Waals surface area contributed by atoms with E-state index in [2.05, 4.69) is 20.8 Å². The number of hydrogen-bond acceptors (Lipinski definition) is 16. The molecule has 13 rings (SSSR count). The second-order valence-electron chi connectivity index (χ2n) is 32.0. The average molecular weight is 1410 g/mol. The third-order valence-corrected chi connectivity index (χ3v) is 25.0. The van der Waals surface area contributed by atoms with E-state index >= 15 is 0 Å². The van der Waals surface area contributed by atoms with E-state index in [1.165, 1.54) is 103 Å². The van der Waals surface area contributed by atoms with Gasteiger partial charge in [-0.1, -0.05) is 121 Å². The fraction of sp³-hybridized carbons (Fsp3) is 0.904. The summed E-state index contributed by atoms with van der Waals surface area (Å²) in [4.78, 5) is 96.0. The fourth-order valence-corrected chi connectivity index (χ4v) is 18.5. The highest BCUT2D eigenvalue weighted by atomic mass is 16.6. The van der Waals surface area contributed by atoms with Gasteiger partial charge in [0.2, 0.25) is 0 Å². The Morgan fingerprint density at radius 3 is 0.970 bits per heavy atom. The first-order valence-corrected chi connectivity index (χ1v) is 36.5. The monoisotopic (exact) mass is 1410 g/mol. The van der Waals surface area contributed by atoms with Crippen molar-refractivity contribution in [3.63, 3.8) is 0 Å². The lowest BCUT2D eigenvalue weighted by Gasteiger charge is -2.60. The average Bonchev–Trinajstić information content (AvgIpc) is 0.746. The van der Waals surface area contributed by atoms with Gasteiger partial charge in [-0.25, -0.2) is 4.79 Å². The molecule has 13 aliphatic rings. The van der Waals surface area contributed by atoms with Crippen LogP contribution in [0, 0.1) is 93.7 Å². The molecule has 2 unspecified atom stereocenters. The maximum Gasteiger partial charge on any atom is 0.344 e. The molecule has 13 fully saturated rings. The molecule has 99 heavy (non-hydrogen) atoms. The molecule has 0 aromatic rings. The molecule has 16 nitrogen and oxygen atoms in total. The van der Waals surface area contributed by atoms with Crippen LogP contribution in [0.25, 0.3) is 0 Å². The second-order valence-corrected chi connectivity index (χ2v) is 32.0. The van der Waals surface area contributed by atoms with E-state index in [1.807, 2.05) is 76.2 Å². The van der Waals surface area contributed by atoms with E-state index in [0.29, 0.717) is 41.9 Å². The number of ether oxygens (including phenoxy) is 8. The van der Waals surface area contributed by atoms with E-state index in [4.69, 9.17) is 37.9 Å². The summed E-state index contributed by atoms with van der Waals surface area (Å²) in [5.41, 5.74) is -2.19. The minimum atomic E-state index is -0.547. The lowest BCUT2D eigenvalue weighted by molar-refractivity contribution is -0.212. The van der Waals surface area contributed by atoms with Crippen LogP contribution in [0.5, 0.6) is 0 Å². The predicted octanol–water partition coefficient (Wildman–Crippen LogP) is 20.7. The highest BCUT2D eigenvalue weighted by molar-refractivity contribution is 5.80. The summed E-state index contributed by atoms with van der Waals surface area (Å²) in [7, 11) is 0. The number of esters is 8. The SMILES string of the molecule is C.C.C.C.C.C.C.C.CCC(C)(C)C(=O)OCC(=O)OC1(C)CCCCC1.CCC(C)(C)C(=O)OCCC(=O)OC1(CC)C2CC3CC(C2)CC1C3.CCC(C)C(=O)OCCC(=O)OC1(C)C2CC3CC(C2)CC1C3.CCC(C)C(=O)OCCC(=O)OC1(CC)C2CC3CC(C2)CC1C3. The van der Waals surface area contributed by atoms with Crippen LogP contribution >= 0.6 is 0 Å². The van der Waals surface area contributed by atoms with Gasteiger partial charge >= 0.3 is 47.8 Å². The Balaban J connectivity index is 0. The molecular weight excluding hydrogens is 1250 g/mol. The summed E-state index contributed by atoms with van der Waals surface area (Å²) < 4.78 is 44.3. The maximum atomic E-state index is 12.5. The van der Waals surface area contributed by atoms with E-state index in [-0.39, 0.29) is 181 Å². The first-order chi connectivity index (χ1) is 43.0. The van der Waals surface area contributed by atoms with Crippen molar-refractivity contribution in [3.05, 3.63) is 0 Å². The van der Waals surface area contributed by atoms with Crippen LogP contribution in [0.3, 0.4) is 0 Å². The number of hydrogen-bond donors (Lipinski definition) is 0. The standard InChI is InChI=1S/C21H34O4.C20H32O4.C19H30O4.C15H26O4.8CH4/c1-5-20(3,4)19(23)24-8-7-18(22)25-21(6-2)16-10-14-9-15(12-16)13-17(21)11-14;1-4-13(3)19(22)23-7-6-18(21)24-20(5-2)16-9-14-8-15(11-16)12-17(20)10-14;1-4-12(2)18(21)22-6-5-17(20)23-19(3)15-8-13-7-14(10-15)11-16(19)9-13;1-5-14(2,3)13(17)18-11-12(16)19-15(4)9-7-6-8-10-15;;;;;;;;/h14-17H,5-13H2,1-4H3;13-17H,4-12H2,1-3H3;12-16H,4-11H2,1-3H3;5-11H2,1-4H3;8*1H4. The normalized spacial score (nSPS) is 31.1. The third-order valence-electron chi connectivity index (χ3n) is 25.0. The van der Waals surface area contributed by atoms with Gasteiger partial charge in [-0.15, -0.1) is 0 Å². The highest BCUT2D eigenvalue weighted by Gasteiger charge is 2.61. The molecule has 0 radical (unpaired) electrons. The van der Waals surface area contributed by atoms with Crippen LogP contribution in [0.15, 0.2) is 0 Å². The molecule has 0 aromatic carbocycles. The molecule has 2 atom stereocenters. The molecule has 0 amide bonds. The van der Waals surface area contributed by atoms with Crippen LogP contribution in [0.2, 0.25) is 0 Å². The summed E-state index contributed by atoms with van der Waals surface area (Å²) in [5.74, 6) is 6.14. The molecular formula is C83H154O16. The largest absolute Gasteiger partial charge is 0.465 e. The molecule has 13 aliphatic carbocycles. The van der Waals surface area contributed by atoms with E-state index in [0.717, 1.165) is 93.3 Å². The first-order valence-electron chi connectivity index (χ1n) is 36.5. The lowest BCUT2D eigenvalue weighted by atomic mass is 9.49. The Kier molecular flexibility index (Phi) is 41.0. The lowest BCUT2D eigenvalue weighted by Crippen LogP contribution is -2.59. The van der Waals surface area contributed by atoms with Gasteiger partial charge in [0.05, 0.1) is 41.9 Å². The minimum absolute atomic E-state index is 0. The smallest absolute Gasteiger partial charge is 0.344 e. The number of carbonyl (C=O) groups is 8. The third kappa shape index (κ3) is 24.2. The summed E-state index contributed by atoms with van der Waals surface area (Å²) in [6.07, 6.45) is 29.4. The van der Waals surface area contributed by atoms with E-state index in [9.17, 15) is 38.4 Å². The predicted molar refractivity (Wildman–Crippen MR) is 400 cm³/mol.